The number of benzene rings is 1. The summed E-state index contributed by atoms with van der Waals surface area (Å²) in [5.74, 6) is -0.789. The van der Waals surface area contributed by atoms with Gasteiger partial charge in [0.05, 0.1) is 17.6 Å². The smallest absolute Gasteiger partial charge is 0.307 e. The van der Waals surface area contributed by atoms with Gasteiger partial charge in [-0.25, -0.2) is 0 Å². The largest absolute Gasteiger partial charge is 0.481 e. The van der Waals surface area contributed by atoms with Gasteiger partial charge < -0.3 is 5.11 Å². The van der Waals surface area contributed by atoms with E-state index in [9.17, 15) is 4.79 Å². The molecule has 70 valence electrons. The van der Waals surface area contributed by atoms with Gasteiger partial charge in [0.1, 0.15) is 0 Å². The van der Waals surface area contributed by atoms with Crippen molar-refractivity contribution >= 4 is 5.97 Å². The van der Waals surface area contributed by atoms with Crippen molar-refractivity contribution in [3.8, 4) is 6.07 Å². The molecule has 1 unspecified atom stereocenters. The Morgan fingerprint density at radius 2 is 2.07 bits per heavy atom. The molecule has 3 heteroatoms. The molecule has 0 radical (unpaired) electrons. The molecule has 1 fully saturated rings. The fourth-order valence-corrected chi connectivity index (χ4v) is 1.64. The molecule has 0 amide bonds. The van der Waals surface area contributed by atoms with Crippen molar-refractivity contribution < 1.29 is 9.90 Å². The standard InChI is InChI=1S/C11H9NO2/c12-6-7-1-3-8(4-2-7)9-5-10(9)11(13)14/h1-4,9-10H,5H2,(H,13,14)/t9-,10?/m1/s1. The molecule has 0 heterocycles. The minimum atomic E-state index is -0.723. The lowest BCUT2D eigenvalue weighted by atomic mass is 10.1. The van der Waals surface area contributed by atoms with E-state index in [-0.39, 0.29) is 11.8 Å². The number of nitriles is 1. The number of aliphatic carboxylic acids is 1. The number of carboxylic acid groups (broad SMARTS) is 1. The fourth-order valence-electron chi connectivity index (χ4n) is 1.64. The first-order valence-corrected chi connectivity index (χ1v) is 4.45. The van der Waals surface area contributed by atoms with Gasteiger partial charge in [-0.3, -0.25) is 4.79 Å². The molecular weight excluding hydrogens is 178 g/mol. The van der Waals surface area contributed by atoms with Crippen LogP contribution < -0.4 is 0 Å². The van der Waals surface area contributed by atoms with Crippen LogP contribution in [0.3, 0.4) is 0 Å². The molecule has 0 spiro atoms. The van der Waals surface area contributed by atoms with Crippen molar-refractivity contribution in [1.82, 2.24) is 0 Å². The Morgan fingerprint density at radius 1 is 1.43 bits per heavy atom. The molecule has 1 saturated carbocycles. The SMILES string of the molecule is N#Cc1ccc([C@H]2CC2C(=O)O)cc1. The predicted molar refractivity (Wildman–Crippen MR) is 49.6 cm³/mol. The Bertz CT molecular complexity index is 402. The van der Waals surface area contributed by atoms with Gasteiger partial charge in [0.2, 0.25) is 0 Å². The Kier molecular flexibility index (Phi) is 1.97. The van der Waals surface area contributed by atoms with Crippen LogP contribution in [0.1, 0.15) is 23.5 Å². The number of rotatable bonds is 2. The average molecular weight is 187 g/mol. The van der Waals surface area contributed by atoms with Crippen LogP contribution in [0.25, 0.3) is 0 Å². The van der Waals surface area contributed by atoms with Crippen LogP contribution >= 0.6 is 0 Å². The zero-order valence-corrected chi connectivity index (χ0v) is 7.47. The molecule has 1 aliphatic rings. The van der Waals surface area contributed by atoms with Crippen LogP contribution in [0.5, 0.6) is 0 Å². The molecule has 1 N–H and O–H groups in total. The van der Waals surface area contributed by atoms with Crippen molar-refractivity contribution in [3.05, 3.63) is 35.4 Å². The summed E-state index contributed by atoms with van der Waals surface area (Å²) in [5, 5.41) is 17.3. The summed E-state index contributed by atoms with van der Waals surface area (Å²) in [6.07, 6.45) is 0.723. The Hall–Kier alpha value is -1.82. The van der Waals surface area contributed by atoms with Crippen LogP contribution in [0.15, 0.2) is 24.3 Å². The molecule has 0 saturated heterocycles. The number of carboxylic acids is 1. The first kappa shape index (κ1) is 8.76. The van der Waals surface area contributed by atoms with Crippen molar-refractivity contribution in [1.29, 1.82) is 5.26 Å². The van der Waals surface area contributed by atoms with E-state index in [1.807, 2.05) is 18.2 Å². The molecule has 1 aromatic rings. The topological polar surface area (TPSA) is 61.1 Å². The first-order chi connectivity index (χ1) is 6.72. The molecule has 0 aromatic heterocycles. The predicted octanol–water partition coefficient (Wildman–Crippen LogP) is 1.75. The minimum Gasteiger partial charge on any atom is -0.481 e. The second-order valence-electron chi connectivity index (χ2n) is 3.52. The summed E-state index contributed by atoms with van der Waals surface area (Å²) in [5.41, 5.74) is 1.64. The van der Waals surface area contributed by atoms with Gasteiger partial charge in [0, 0.05) is 0 Å². The highest BCUT2D eigenvalue weighted by molar-refractivity contribution is 5.75. The van der Waals surface area contributed by atoms with Crippen molar-refractivity contribution in [2.75, 3.05) is 0 Å². The maximum atomic E-state index is 10.6. The third-order valence-electron chi connectivity index (χ3n) is 2.58. The van der Waals surface area contributed by atoms with E-state index in [2.05, 4.69) is 0 Å². The van der Waals surface area contributed by atoms with Gasteiger partial charge >= 0.3 is 5.97 Å². The van der Waals surface area contributed by atoms with Crippen LogP contribution in [0.2, 0.25) is 0 Å². The third-order valence-corrected chi connectivity index (χ3v) is 2.58. The molecule has 3 nitrogen and oxygen atoms in total. The van der Waals surface area contributed by atoms with E-state index in [1.54, 1.807) is 12.1 Å². The number of nitrogens with zero attached hydrogens (tertiary/aromatic N) is 1. The van der Waals surface area contributed by atoms with Crippen LogP contribution in [0, 0.1) is 17.2 Å². The highest BCUT2D eigenvalue weighted by Gasteiger charge is 2.43. The Morgan fingerprint density at radius 3 is 2.50 bits per heavy atom. The Balaban J connectivity index is 2.13. The van der Waals surface area contributed by atoms with Crippen LogP contribution in [-0.4, -0.2) is 11.1 Å². The lowest BCUT2D eigenvalue weighted by Crippen LogP contribution is -1.98. The average Bonchev–Trinajstić information content (AvgIpc) is 2.97. The summed E-state index contributed by atoms with van der Waals surface area (Å²) < 4.78 is 0. The molecular formula is C11H9NO2. The van der Waals surface area contributed by atoms with Crippen LogP contribution in [0.4, 0.5) is 0 Å². The monoisotopic (exact) mass is 187 g/mol. The van der Waals surface area contributed by atoms with E-state index in [4.69, 9.17) is 10.4 Å². The Labute approximate surface area is 81.6 Å². The van der Waals surface area contributed by atoms with Gasteiger partial charge in [0.15, 0.2) is 0 Å². The van der Waals surface area contributed by atoms with Gasteiger partial charge in [-0.2, -0.15) is 5.26 Å². The molecule has 0 aliphatic heterocycles. The summed E-state index contributed by atoms with van der Waals surface area (Å²) in [4.78, 5) is 10.6. The maximum absolute atomic E-state index is 10.6. The number of hydrogen-bond acceptors (Lipinski definition) is 2. The summed E-state index contributed by atoms with van der Waals surface area (Å²) in [6, 6.07) is 9.17. The third kappa shape index (κ3) is 1.47. The first-order valence-electron chi connectivity index (χ1n) is 4.45. The second kappa shape index (κ2) is 3.15. The maximum Gasteiger partial charge on any atom is 0.307 e. The fraction of sp³-hybridized carbons (Fsp3) is 0.273. The highest BCUT2D eigenvalue weighted by atomic mass is 16.4. The zero-order valence-electron chi connectivity index (χ0n) is 7.47. The molecule has 2 atom stereocenters. The normalized spacial score (nSPS) is 23.9. The van der Waals surface area contributed by atoms with Crippen LogP contribution in [-0.2, 0) is 4.79 Å². The quantitative estimate of drug-likeness (QED) is 0.767. The van der Waals surface area contributed by atoms with Crippen molar-refractivity contribution in [3.63, 3.8) is 0 Å². The van der Waals surface area contributed by atoms with Gasteiger partial charge in [-0.15, -0.1) is 0 Å². The van der Waals surface area contributed by atoms with Gasteiger partial charge in [-0.1, -0.05) is 12.1 Å². The van der Waals surface area contributed by atoms with E-state index in [1.165, 1.54) is 0 Å². The zero-order chi connectivity index (χ0) is 10.1. The van der Waals surface area contributed by atoms with E-state index >= 15 is 0 Å². The molecule has 1 aromatic carbocycles. The molecule has 1 aliphatic carbocycles. The molecule has 0 bridgehead atoms. The molecule has 2 rings (SSSR count). The molecule has 14 heavy (non-hydrogen) atoms. The summed E-state index contributed by atoms with van der Waals surface area (Å²) in [7, 11) is 0. The number of carbonyl (C=O) groups is 1. The minimum absolute atomic E-state index is 0.153. The lowest BCUT2D eigenvalue weighted by molar-refractivity contribution is -0.138. The summed E-state index contributed by atoms with van der Waals surface area (Å²) in [6.45, 7) is 0. The van der Waals surface area contributed by atoms with Gasteiger partial charge in [0.25, 0.3) is 0 Å². The van der Waals surface area contributed by atoms with E-state index < -0.39 is 5.97 Å². The van der Waals surface area contributed by atoms with Crippen molar-refractivity contribution in [2.24, 2.45) is 5.92 Å². The summed E-state index contributed by atoms with van der Waals surface area (Å²) >= 11 is 0. The highest BCUT2D eigenvalue weighted by Crippen LogP contribution is 2.47. The van der Waals surface area contributed by atoms with E-state index in [0.29, 0.717) is 5.56 Å². The lowest BCUT2D eigenvalue weighted by Gasteiger charge is -1.97. The number of hydrogen-bond donors (Lipinski definition) is 1. The van der Waals surface area contributed by atoms with Gasteiger partial charge in [-0.05, 0) is 30.0 Å². The second-order valence-corrected chi connectivity index (χ2v) is 3.52. The van der Waals surface area contributed by atoms with E-state index in [0.717, 1.165) is 12.0 Å². The van der Waals surface area contributed by atoms with Crippen molar-refractivity contribution in [2.45, 2.75) is 12.3 Å².